The Morgan fingerprint density at radius 2 is 2.50 bits per heavy atom. The lowest BCUT2D eigenvalue weighted by Crippen LogP contribution is -2.28. The van der Waals surface area contributed by atoms with E-state index < -0.39 is 0 Å². The maximum absolute atomic E-state index is 6.00. The minimum absolute atomic E-state index is 0.0717. The van der Waals surface area contributed by atoms with Crippen molar-refractivity contribution in [1.82, 2.24) is 15.1 Å². The van der Waals surface area contributed by atoms with Crippen LogP contribution in [-0.4, -0.2) is 22.9 Å². The first-order valence-electron chi connectivity index (χ1n) is 5.20. The number of nitrogens with one attached hydrogen (secondary N) is 1. The second-order valence-electron chi connectivity index (χ2n) is 4.16. The number of nitrogens with zero attached hydrogens (tertiary/aromatic N) is 2. The van der Waals surface area contributed by atoms with Gasteiger partial charge in [-0.05, 0) is 25.3 Å². The molecule has 1 aliphatic rings. The SMILES string of the molecule is Cn1cc(C(N)CNCC2CC2)cn1. The van der Waals surface area contributed by atoms with Gasteiger partial charge < -0.3 is 11.1 Å². The topological polar surface area (TPSA) is 55.9 Å². The van der Waals surface area contributed by atoms with Crippen molar-refractivity contribution in [2.75, 3.05) is 13.1 Å². The maximum atomic E-state index is 6.00. The highest BCUT2D eigenvalue weighted by molar-refractivity contribution is 5.09. The summed E-state index contributed by atoms with van der Waals surface area (Å²) >= 11 is 0. The molecule has 4 heteroatoms. The molecule has 0 amide bonds. The van der Waals surface area contributed by atoms with Crippen molar-refractivity contribution in [2.24, 2.45) is 18.7 Å². The fourth-order valence-corrected chi connectivity index (χ4v) is 1.51. The molecule has 1 heterocycles. The first-order valence-corrected chi connectivity index (χ1v) is 5.20. The zero-order valence-electron chi connectivity index (χ0n) is 8.61. The van der Waals surface area contributed by atoms with Gasteiger partial charge in [0, 0.05) is 31.4 Å². The summed E-state index contributed by atoms with van der Waals surface area (Å²) in [5, 5.41) is 7.49. The van der Waals surface area contributed by atoms with Crippen molar-refractivity contribution in [3.05, 3.63) is 18.0 Å². The van der Waals surface area contributed by atoms with E-state index in [1.165, 1.54) is 12.8 Å². The molecule has 0 radical (unpaired) electrons. The standard InChI is InChI=1S/C10H18N4/c1-14-7-9(5-13-14)10(11)6-12-4-8-2-3-8/h5,7-8,10,12H,2-4,6,11H2,1H3. The van der Waals surface area contributed by atoms with Crippen molar-refractivity contribution in [1.29, 1.82) is 0 Å². The summed E-state index contributed by atoms with van der Waals surface area (Å²) in [7, 11) is 1.91. The smallest absolute Gasteiger partial charge is 0.0537 e. The molecule has 1 aromatic rings. The summed E-state index contributed by atoms with van der Waals surface area (Å²) in [4.78, 5) is 0. The molecule has 4 nitrogen and oxygen atoms in total. The highest BCUT2D eigenvalue weighted by Crippen LogP contribution is 2.27. The van der Waals surface area contributed by atoms with Crippen molar-refractivity contribution < 1.29 is 0 Å². The van der Waals surface area contributed by atoms with Crippen LogP contribution in [0.3, 0.4) is 0 Å². The van der Waals surface area contributed by atoms with Crippen LogP contribution < -0.4 is 11.1 Å². The van der Waals surface area contributed by atoms with Crippen LogP contribution in [0.1, 0.15) is 24.4 Å². The molecule has 0 bridgehead atoms. The van der Waals surface area contributed by atoms with Gasteiger partial charge in [-0.2, -0.15) is 5.10 Å². The number of hydrogen-bond acceptors (Lipinski definition) is 3. The van der Waals surface area contributed by atoms with E-state index in [0.717, 1.165) is 24.6 Å². The number of hydrogen-bond donors (Lipinski definition) is 2. The van der Waals surface area contributed by atoms with Gasteiger partial charge >= 0.3 is 0 Å². The predicted molar refractivity (Wildman–Crippen MR) is 55.7 cm³/mol. The second kappa shape index (κ2) is 4.11. The van der Waals surface area contributed by atoms with Crippen molar-refractivity contribution in [2.45, 2.75) is 18.9 Å². The van der Waals surface area contributed by atoms with Crippen LogP contribution in [0.2, 0.25) is 0 Å². The maximum Gasteiger partial charge on any atom is 0.0537 e. The van der Waals surface area contributed by atoms with Gasteiger partial charge in [-0.25, -0.2) is 0 Å². The quantitative estimate of drug-likeness (QED) is 0.714. The monoisotopic (exact) mass is 194 g/mol. The van der Waals surface area contributed by atoms with E-state index in [1.807, 2.05) is 19.4 Å². The molecular formula is C10H18N4. The number of nitrogens with two attached hydrogens (primary N) is 1. The Hall–Kier alpha value is -0.870. The molecule has 1 fully saturated rings. The Morgan fingerprint density at radius 1 is 1.71 bits per heavy atom. The normalized spacial score (nSPS) is 18.4. The Balaban J connectivity index is 1.73. The predicted octanol–water partition coefficient (Wildman–Crippen LogP) is 0.419. The first kappa shape index (κ1) is 9.68. The average Bonchev–Trinajstić information content (AvgIpc) is 2.87. The van der Waals surface area contributed by atoms with Crippen LogP contribution in [0, 0.1) is 5.92 Å². The molecule has 0 aromatic carbocycles. The molecular weight excluding hydrogens is 176 g/mol. The summed E-state index contributed by atoms with van der Waals surface area (Å²) in [6.07, 6.45) is 6.58. The van der Waals surface area contributed by atoms with Crippen LogP contribution in [0.15, 0.2) is 12.4 Å². The lowest BCUT2D eigenvalue weighted by atomic mass is 10.2. The molecule has 1 saturated carbocycles. The van der Waals surface area contributed by atoms with E-state index >= 15 is 0 Å². The third-order valence-electron chi connectivity index (χ3n) is 2.65. The summed E-state index contributed by atoms with van der Waals surface area (Å²) in [6, 6.07) is 0.0717. The second-order valence-corrected chi connectivity index (χ2v) is 4.16. The molecule has 78 valence electrons. The molecule has 3 N–H and O–H groups in total. The molecule has 14 heavy (non-hydrogen) atoms. The van der Waals surface area contributed by atoms with E-state index in [2.05, 4.69) is 10.4 Å². The highest BCUT2D eigenvalue weighted by atomic mass is 15.2. The summed E-state index contributed by atoms with van der Waals surface area (Å²) < 4.78 is 1.79. The minimum Gasteiger partial charge on any atom is -0.323 e. The summed E-state index contributed by atoms with van der Waals surface area (Å²) in [5.74, 6) is 0.913. The van der Waals surface area contributed by atoms with E-state index in [4.69, 9.17) is 5.73 Å². The number of aromatic nitrogens is 2. The Bertz CT molecular complexity index is 290. The van der Waals surface area contributed by atoms with Crippen LogP contribution in [0.25, 0.3) is 0 Å². The molecule has 1 aliphatic carbocycles. The highest BCUT2D eigenvalue weighted by Gasteiger charge is 2.20. The molecule has 1 unspecified atom stereocenters. The third kappa shape index (κ3) is 2.56. The van der Waals surface area contributed by atoms with Crippen molar-refractivity contribution in [3.63, 3.8) is 0 Å². The lowest BCUT2D eigenvalue weighted by Gasteiger charge is -2.10. The molecule has 0 saturated heterocycles. The molecule has 0 spiro atoms. The summed E-state index contributed by atoms with van der Waals surface area (Å²) in [5.41, 5.74) is 7.11. The Kier molecular flexibility index (Phi) is 2.84. The Labute approximate surface area is 84.5 Å². The lowest BCUT2D eigenvalue weighted by molar-refractivity contribution is 0.574. The molecule has 2 rings (SSSR count). The molecule has 1 atom stereocenters. The average molecular weight is 194 g/mol. The largest absolute Gasteiger partial charge is 0.323 e. The van der Waals surface area contributed by atoms with Gasteiger partial charge in [0.25, 0.3) is 0 Å². The molecule has 0 aliphatic heterocycles. The van der Waals surface area contributed by atoms with Crippen molar-refractivity contribution in [3.8, 4) is 0 Å². The van der Waals surface area contributed by atoms with E-state index in [0.29, 0.717) is 0 Å². The number of rotatable bonds is 5. The summed E-state index contributed by atoms with van der Waals surface area (Å²) in [6.45, 7) is 1.97. The third-order valence-corrected chi connectivity index (χ3v) is 2.65. The number of aryl methyl sites for hydroxylation is 1. The van der Waals surface area contributed by atoms with E-state index in [-0.39, 0.29) is 6.04 Å². The zero-order valence-corrected chi connectivity index (χ0v) is 8.61. The fraction of sp³-hybridized carbons (Fsp3) is 0.700. The van der Waals surface area contributed by atoms with Gasteiger partial charge in [-0.15, -0.1) is 0 Å². The van der Waals surface area contributed by atoms with Gasteiger partial charge in [0.1, 0.15) is 0 Å². The van der Waals surface area contributed by atoms with E-state index in [9.17, 15) is 0 Å². The van der Waals surface area contributed by atoms with Crippen LogP contribution in [-0.2, 0) is 7.05 Å². The van der Waals surface area contributed by atoms with Gasteiger partial charge in [0.2, 0.25) is 0 Å². The van der Waals surface area contributed by atoms with Gasteiger partial charge in [0.05, 0.1) is 6.20 Å². The molecule has 1 aromatic heterocycles. The zero-order chi connectivity index (χ0) is 9.97. The van der Waals surface area contributed by atoms with Crippen LogP contribution in [0.5, 0.6) is 0 Å². The van der Waals surface area contributed by atoms with Gasteiger partial charge in [-0.1, -0.05) is 0 Å². The minimum atomic E-state index is 0.0717. The first-order chi connectivity index (χ1) is 6.75. The Morgan fingerprint density at radius 3 is 3.07 bits per heavy atom. The van der Waals surface area contributed by atoms with E-state index in [1.54, 1.807) is 4.68 Å². The van der Waals surface area contributed by atoms with Crippen LogP contribution in [0.4, 0.5) is 0 Å². The fourth-order valence-electron chi connectivity index (χ4n) is 1.51. The van der Waals surface area contributed by atoms with Crippen LogP contribution >= 0.6 is 0 Å². The van der Waals surface area contributed by atoms with Crippen molar-refractivity contribution >= 4 is 0 Å². The van der Waals surface area contributed by atoms with Gasteiger partial charge in [-0.3, -0.25) is 4.68 Å². The van der Waals surface area contributed by atoms with Gasteiger partial charge in [0.15, 0.2) is 0 Å².